The Kier molecular flexibility index (Phi) is 2.62. The molecule has 64 valence electrons. The van der Waals surface area contributed by atoms with Gasteiger partial charge in [0.2, 0.25) is 0 Å². The van der Waals surface area contributed by atoms with Crippen molar-refractivity contribution in [1.82, 2.24) is 4.90 Å². The lowest BCUT2D eigenvalue weighted by molar-refractivity contribution is -0.126. The van der Waals surface area contributed by atoms with Gasteiger partial charge in [0.1, 0.15) is 5.78 Å². The summed E-state index contributed by atoms with van der Waals surface area (Å²) < 4.78 is 5.03. The fourth-order valence-corrected chi connectivity index (χ4v) is 1.06. The number of nitrogens with zero attached hydrogens (tertiary/aromatic N) is 1. The van der Waals surface area contributed by atoms with E-state index in [1.165, 1.54) is 0 Å². The maximum atomic E-state index is 10.9. The molecule has 1 unspecified atom stereocenters. The molecule has 0 aliphatic carbocycles. The predicted molar refractivity (Wildman–Crippen MR) is 42.5 cm³/mol. The van der Waals surface area contributed by atoms with Crippen LogP contribution in [0.2, 0.25) is 0 Å². The zero-order chi connectivity index (χ0) is 8.43. The zero-order valence-corrected chi connectivity index (χ0v) is 7.33. The first-order valence-electron chi connectivity index (χ1n) is 3.93. The molecule has 0 radical (unpaired) electrons. The lowest BCUT2D eigenvalue weighted by Gasteiger charge is -2.37. The highest BCUT2D eigenvalue weighted by Gasteiger charge is 2.27. The first kappa shape index (κ1) is 8.68. The maximum Gasteiger partial charge on any atom is 0.146 e. The van der Waals surface area contributed by atoms with Crippen LogP contribution in [-0.4, -0.2) is 43.0 Å². The van der Waals surface area contributed by atoms with Crippen LogP contribution in [0.3, 0.4) is 0 Å². The second kappa shape index (κ2) is 3.32. The Morgan fingerprint density at radius 3 is 2.45 bits per heavy atom. The van der Waals surface area contributed by atoms with Gasteiger partial charge in [-0.2, -0.15) is 0 Å². The lowest BCUT2D eigenvalue weighted by Crippen LogP contribution is -2.52. The van der Waals surface area contributed by atoms with Gasteiger partial charge in [-0.05, 0) is 20.9 Å². The Labute approximate surface area is 67.3 Å². The lowest BCUT2D eigenvalue weighted by atomic mass is 10.1. The molecule has 0 spiro atoms. The van der Waals surface area contributed by atoms with Crippen LogP contribution < -0.4 is 0 Å². The maximum absolute atomic E-state index is 10.9. The first-order chi connectivity index (χ1) is 5.13. The molecule has 0 aromatic heterocycles. The fourth-order valence-electron chi connectivity index (χ4n) is 1.06. The SMILES string of the molecule is CC(=O)C(C)N(C)C1COC1. The second-order valence-electron chi connectivity index (χ2n) is 3.14. The monoisotopic (exact) mass is 157 g/mol. The predicted octanol–water partition coefficient (Wildman–Crippen LogP) is 0.294. The van der Waals surface area contributed by atoms with E-state index in [-0.39, 0.29) is 11.8 Å². The number of hydrogen-bond acceptors (Lipinski definition) is 3. The molecule has 3 nitrogen and oxygen atoms in total. The molecule has 0 aromatic rings. The summed E-state index contributed by atoms with van der Waals surface area (Å²) in [4.78, 5) is 13.0. The molecule has 1 rings (SSSR count). The van der Waals surface area contributed by atoms with Crippen molar-refractivity contribution < 1.29 is 9.53 Å². The molecule has 3 heteroatoms. The molecular weight excluding hydrogens is 142 g/mol. The molecule has 0 aromatic carbocycles. The van der Waals surface area contributed by atoms with Gasteiger partial charge in [0.05, 0.1) is 25.3 Å². The van der Waals surface area contributed by atoms with Crippen molar-refractivity contribution in [2.75, 3.05) is 20.3 Å². The summed E-state index contributed by atoms with van der Waals surface area (Å²) in [5.74, 6) is 0.222. The summed E-state index contributed by atoms with van der Waals surface area (Å²) in [7, 11) is 1.97. The quantitative estimate of drug-likeness (QED) is 0.590. The Balaban J connectivity index is 2.38. The van der Waals surface area contributed by atoms with E-state index in [0.717, 1.165) is 13.2 Å². The van der Waals surface area contributed by atoms with Gasteiger partial charge in [-0.1, -0.05) is 0 Å². The number of carbonyl (C=O) groups is 1. The van der Waals surface area contributed by atoms with Crippen molar-refractivity contribution in [2.45, 2.75) is 25.9 Å². The number of hydrogen-bond donors (Lipinski definition) is 0. The van der Waals surface area contributed by atoms with Crippen molar-refractivity contribution in [3.8, 4) is 0 Å². The molecule has 0 saturated carbocycles. The molecule has 1 aliphatic rings. The third-order valence-corrected chi connectivity index (χ3v) is 2.40. The minimum absolute atomic E-state index is 0.0314. The molecule has 1 heterocycles. The third-order valence-electron chi connectivity index (χ3n) is 2.40. The number of rotatable bonds is 3. The van der Waals surface area contributed by atoms with Crippen molar-refractivity contribution in [3.63, 3.8) is 0 Å². The summed E-state index contributed by atoms with van der Waals surface area (Å²) >= 11 is 0. The van der Waals surface area contributed by atoms with E-state index in [4.69, 9.17) is 4.74 Å². The number of ketones is 1. The van der Waals surface area contributed by atoms with Gasteiger partial charge in [0, 0.05) is 0 Å². The van der Waals surface area contributed by atoms with E-state index in [1.807, 2.05) is 14.0 Å². The van der Waals surface area contributed by atoms with Gasteiger partial charge in [0.25, 0.3) is 0 Å². The normalized spacial score (nSPS) is 21.5. The minimum atomic E-state index is 0.0314. The topological polar surface area (TPSA) is 29.5 Å². The molecule has 0 bridgehead atoms. The van der Waals surface area contributed by atoms with Crippen molar-refractivity contribution >= 4 is 5.78 Å². The minimum Gasteiger partial charge on any atom is -0.378 e. The molecule has 1 atom stereocenters. The number of likely N-dealkylation sites (N-methyl/N-ethyl adjacent to an activating group) is 1. The Hall–Kier alpha value is -0.410. The van der Waals surface area contributed by atoms with Crippen LogP contribution in [-0.2, 0) is 9.53 Å². The number of carbonyl (C=O) groups excluding carboxylic acids is 1. The molecule has 0 amide bonds. The van der Waals surface area contributed by atoms with Crippen molar-refractivity contribution in [2.24, 2.45) is 0 Å². The molecule has 1 fully saturated rings. The van der Waals surface area contributed by atoms with E-state index in [1.54, 1.807) is 6.92 Å². The van der Waals surface area contributed by atoms with Crippen molar-refractivity contribution in [1.29, 1.82) is 0 Å². The summed E-state index contributed by atoms with van der Waals surface area (Å²) in [6.45, 7) is 5.10. The van der Waals surface area contributed by atoms with E-state index in [0.29, 0.717) is 6.04 Å². The van der Waals surface area contributed by atoms with Gasteiger partial charge in [-0.3, -0.25) is 9.69 Å². The average Bonchev–Trinajstić information content (AvgIpc) is 1.82. The van der Waals surface area contributed by atoms with Gasteiger partial charge in [-0.15, -0.1) is 0 Å². The Morgan fingerprint density at radius 2 is 2.18 bits per heavy atom. The van der Waals surface area contributed by atoms with E-state index in [9.17, 15) is 4.79 Å². The highest BCUT2D eigenvalue weighted by molar-refractivity contribution is 5.80. The van der Waals surface area contributed by atoms with E-state index < -0.39 is 0 Å². The van der Waals surface area contributed by atoms with E-state index >= 15 is 0 Å². The standard InChI is InChI=1S/C8H15NO2/c1-6(7(2)10)9(3)8-4-11-5-8/h6,8H,4-5H2,1-3H3. The smallest absolute Gasteiger partial charge is 0.146 e. The van der Waals surface area contributed by atoms with Crippen LogP contribution >= 0.6 is 0 Å². The second-order valence-corrected chi connectivity index (χ2v) is 3.14. The van der Waals surface area contributed by atoms with Gasteiger partial charge in [0.15, 0.2) is 0 Å². The van der Waals surface area contributed by atoms with Crippen molar-refractivity contribution in [3.05, 3.63) is 0 Å². The molecule has 1 aliphatic heterocycles. The molecule has 11 heavy (non-hydrogen) atoms. The van der Waals surface area contributed by atoms with Gasteiger partial charge < -0.3 is 4.74 Å². The summed E-state index contributed by atoms with van der Waals surface area (Å²) in [5.41, 5.74) is 0. The van der Waals surface area contributed by atoms with E-state index in [2.05, 4.69) is 4.90 Å². The number of Topliss-reactive ketones (excluding diaryl/α,β-unsaturated/α-hetero) is 1. The molecular formula is C8H15NO2. The summed E-state index contributed by atoms with van der Waals surface area (Å²) in [6, 6.07) is 0.484. The molecule has 0 N–H and O–H groups in total. The zero-order valence-electron chi connectivity index (χ0n) is 7.33. The van der Waals surface area contributed by atoms with Gasteiger partial charge in [-0.25, -0.2) is 0 Å². The van der Waals surface area contributed by atoms with Crippen LogP contribution in [0.4, 0.5) is 0 Å². The Bertz CT molecular complexity index is 154. The fraction of sp³-hybridized carbons (Fsp3) is 0.875. The molecule has 1 saturated heterocycles. The van der Waals surface area contributed by atoms with Crippen LogP contribution in [0.1, 0.15) is 13.8 Å². The van der Waals surface area contributed by atoms with Crippen LogP contribution in [0.25, 0.3) is 0 Å². The van der Waals surface area contributed by atoms with Gasteiger partial charge >= 0.3 is 0 Å². The van der Waals surface area contributed by atoms with Crippen LogP contribution in [0.15, 0.2) is 0 Å². The third kappa shape index (κ3) is 1.79. The average molecular weight is 157 g/mol. The highest BCUT2D eigenvalue weighted by atomic mass is 16.5. The first-order valence-corrected chi connectivity index (χ1v) is 3.93. The Morgan fingerprint density at radius 1 is 1.64 bits per heavy atom. The summed E-state index contributed by atoms with van der Waals surface area (Å²) in [5, 5.41) is 0. The largest absolute Gasteiger partial charge is 0.378 e. The number of ether oxygens (including phenoxy) is 1. The van der Waals surface area contributed by atoms with Crippen LogP contribution in [0, 0.1) is 0 Å². The van der Waals surface area contributed by atoms with Crippen LogP contribution in [0.5, 0.6) is 0 Å². The highest BCUT2D eigenvalue weighted by Crippen LogP contribution is 2.11. The summed E-state index contributed by atoms with van der Waals surface area (Å²) in [6.07, 6.45) is 0.